The molecule has 1 heterocycles. The van der Waals surface area contributed by atoms with E-state index in [9.17, 15) is 4.79 Å². The minimum Gasteiger partial charge on any atom is -0.298 e. The summed E-state index contributed by atoms with van der Waals surface area (Å²) in [5.74, 6) is -0.227. The molecule has 1 amide bonds. The monoisotopic (exact) mass is 279 g/mol. The van der Waals surface area contributed by atoms with Crippen LogP contribution in [0, 0.1) is 11.3 Å². The van der Waals surface area contributed by atoms with E-state index < -0.39 is 0 Å². The molecule has 4 nitrogen and oxygen atoms in total. The maximum absolute atomic E-state index is 12.1. The van der Waals surface area contributed by atoms with Crippen molar-refractivity contribution < 1.29 is 4.79 Å². The Morgan fingerprint density at radius 2 is 2.00 bits per heavy atom. The molecule has 1 N–H and O–H groups in total. The molecule has 20 heavy (non-hydrogen) atoms. The Morgan fingerprint density at radius 3 is 2.75 bits per heavy atom. The molecule has 0 saturated heterocycles. The van der Waals surface area contributed by atoms with Gasteiger partial charge in [-0.1, -0.05) is 41.7 Å². The van der Waals surface area contributed by atoms with Gasteiger partial charge in [0.2, 0.25) is 0 Å². The minimum absolute atomic E-state index is 0.227. The van der Waals surface area contributed by atoms with Crippen molar-refractivity contribution >= 4 is 33.1 Å². The zero-order valence-electron chi connectivity index (χ0n) is 10.3. The van der Waals surface area contributed by atoms with Crippen molar-refractivity contribution in [1.82, 2.24) is 4.98 Å². The number of nitrogens with zero attached hydrogens (tertiary/aromatic N) is 2. The zero-order chi connectivity index (χ0) is 13.9. The van der Waals surface area contributed by atoms with E-state index in [1.54, 1.807) is 6.07 Å². The van der Waals surface area contributed by atoms with E-state index in [0.29, 0.717) is 15.6 Å². The quantitative estimate of drug-likeness (QED) is 0.781. The number of amides is 1. The number of fused-ring (bicyclic) bond motifs is 1. The first kappa shape index (κ1) is 12.3. The maximum Gasteiger partial charge on any atom is 0.257 e. The van der Waals surface area contributed by atoms with Gasteiger partial charge in [0.25, 0.3) is 5.91 Å². The lowest BCUT2D eigenvalue weighted by Crippen LogP contribution is -2.11. The molecule has 2 aromatic carbocycles. The van der Waals surface area contributed by atoms with Crippen LogP contribution in [0.25, 0.3) is 10.8 Å². The Kier molecular flexibility index (Phi) is 3.15. The summed E-state index contributed by atoms with van der Waals surface area (Å²) in [6.45, 7) is 0. The van der Waals surface area contributed by atoms with E-state index in [-0.39, 0.29) is 5.91 Å². The lowest BCUT2D eigenvalue weighted by molar-refractivity contribution is 0.102. The number of benzene rings is 2. The number of carbonyl (C=O) groups excluding carboxylic acids is 1. The van der Waals surface area contributed by atoms with Crippen molar-refractivity contribution in [2.45, 2.75) is 0 Å². The molecule has 5 heteroatoms. The van der Waals surface area contributed by atoms with Crippen molar-refractivity contribution in [3.8, 4) is 6.07 Å². The Hall–Kier alpha value is -2.71. The van der Waals surface area contributed by atoms with Gasteiger partial charge in [0, 0.05) is 5.56 Å². The van der Waals surface area contributed by atoms with Crippen LogP contribution < -0.4 is 5.32 Å². The Labute approximate surface area is 119 Å². The van der Waals surface area contributed by atoms with E-state index in [4.69, 9.17) is 5.26 Å². The second-order valence-electron chi connectivity index (χ2n) is 4.16. The highest BCUT2D eigenvalue weighted by Gasteiger charge is 2.09. The second kappa shape index (κ2) is 5.11. The van der Waals surface area contributed by atoms with Gasteiger partial charge in [-0.05, 0) is 22.9 Å². The van der Waals surface area contributed by atoms with Gasteiger partial charge in [-0.2, -0.15) is 5.26 Å². The summed E-state index contributed by atoms with van der Waals surface area (Å²) in [5.41, 5.74) is 0.567. The molecular formula is C15H9N3OS. The van der Waals surface area contributed by atoms with E-state index in [2.05, 4.69) is 10.3 Å². The topological polar surface area (TPSA) is 65.8 Å². The molecule has 0 bridgehead atoms. The third-order valence-corrected chi connectivity index (χ3v) is 3.67. The molecule has 0 aliphatic carbocycles. The smallest absolute Gasteiger partial charge is 0.257 e. The third-order valence-electron chi connectivity index (χ3n) is 2.85. The second-order valence-corrected chi connectivity index (χ2v) is 5.19. The first-order chi connectivity index (χ1) is 9.76. The number of rotatable bonds is 2. The number of nitrogens with one attached hydrogen (secondary N) is 1. The minimum atomic E-state index is -0.227. The first-order valence-electron chi connectivity index (χ1n) is 5.92. The normalized spacial score (nSPS) is 10.2. The standard InChI is InChI=1S/C15H9N3OS/c16-8-13-9-17-15(20-13)18-14(19)12-6-5-10-3-1-2-4-11(10)7-12/h1-7,9H,(H,17,18,19). The van der Waals surface area contributed by atoms with Gasteiger partial charge in [-0.15, -0.1) is 0 Å². The van der Waals surface area contributed by atoms with Crippen molar-refractivity contribution in [3.05, 3.63) is 59.1 Å². The van der Waals surface area contributed by atoms with Gasteiger partial charge in [-0.25, -0.2) is 4.98 Å². The number of anilines is 1. The van der Waals surface area contributed by atoms with Crippen LogP contribution in [0.5, 0.6) is 0 Å². The van der Waals surface area contributed by atoms with E-state index in [0.717, 1.165) is 22.1 Å². The summed E-state index contributed by atoms with van der Waals surface area (Å²) >= 11 is 1.16. The average molecular weight is 279 g/mol. The van der Waals surface area contributed by atoms with Crippen LogP contribution in [0.2, 0.25) is 0 Å². The number of hydrogen-bond acceptors (Lipinski definition) is 4. The number of thiazole rings is 1. The summed E-state index contributed by atoms with van der Waals surface area (Å²) in [5, 5.41) is 14.0. The number of aromatic nitrogens is 1. The summed E-state index contributed by atoms with van der Waals surface area (Å²) < 4.78 is 0. The fourth-order valence-electron chi connectivity index (χ4n) is 1.88. The fourth-order valence-corrected chi connectivity index (χ4v) is 2.49. The van der Waals surface area contributed by atoms with Crippen LogP contribution in [0.1, 0.15) is 15.2 Å². The average Bonchev–Trinajstić information content (AvgIpc) is 2.94. The van der Waals surface area contributed by atoms with Crippen LogP contribution in [-0.2, 0) is 0 Å². The summed E-state index contributed by atoms with van der Waals surface area (Å²) in [6.07, 6.45) is 1.45. The summed E-state index contributed by atoms with van der Waals surface area (Å²) in [4.78, 5) is 16.6. The molecule has 3 rings (SSSR count). The third kappa shape index (κ3) is 2.37. The van der Waals surface area contributed by atoms with Crippen LogP contribution in [0.4, 0.5) is 5.13 Å². The Balaban J connectivity index is 1.86. The Bertz CT molecular complexity index is 832. The maximum atomic E-state index is 12.1. The van der Waals surface area contributed by atoms with Gasteiger partial charge in [0.1, 0.15) is 10.9 Å². The number of carbonyl (C=O) groups is 1. The van der Waals surface area contributed by atoms with Gasteiger partial charge in [-0.3, -0.25) is 10.1 Å². The molecule has 0 spiro atoms. The molecule has 3 aromatic rings. The van der Waals surface area contributed by atoms with E-state index >= 15 is 0 Å². The van der Waals surface area contributed by atoms with Gasteiger partial charge in [0.05, 0.1) is 6.20 Å². The van der Waals surface area contributed by atoms with Gasteiger partial charge >= 0.3 is 0 Å². The van der Waals surface area contributed by atoms with Gasteiger partial charge in [0.15, 0.2) is 5.13 Å². The largest absolute Gasteiger partial charge is 0.298 e. The molecule has 0 unspecified atom stereocenters. The SMILES string of the molecule is N#Cc1cnc(NC(=O)c2ccc3ccccc3c2)s1. The molecule has 0 saturated carbocycles. The van der Waals surface area contributed by atoms with Crippen molar-refractivity contribution in [2.24, 2.45) is 0 Å². The molecule has 96 valence electrons. The number of hydrogen-bond donors (Lipinski definition) is 1. The summed E-state index contributed by atoms with van der Waals surface area (Å²) in [6, 6.07) is 15.4. The van der Waals surface area contributed by atoms with Crippen molar-refractivity contribution in [2.75, 3.05) is 5.32 Å². The van der Waals surface area contributed by atoms with E-state index in [1.165, 1.54) is 6.20 Å². The predicted molar refractivity (Wildman–Crippen MR) is 78.7 cm³/mol. The van der Waals surface area contributed by atoms with Crippen LogP contribution in [-0.4, -0.2) is 10.9 Å². The molecule has 0 aliphatic rings. The molecule has 0 fully saturated rings. The van der Waals surface area contributed by atoms with E-state index in [1.807, 2.05) is 42.5 Å². The van der Waals surface area contributed by atoms with Crippen LogP contribution in [0.15, 0.2) is 48.7 Å². The Morgan fingerprint density at radius 1 is 1.20 bits per heavy atom. The molecular weight excluding hydrogens is 270 g/mol. The lowest BCUT2D eigenvalue weighted by atomic mass is 10.1. The summed E-state index contributed by atoms with van der Waals surface area (Å²) in [7, 11) is 0. The van der Waals surface area contributed by atoms with Gasteiger partial charge < -0.3 is 0 Å². The molecule has 1 aromatic heterocycles. The van der Waals surface area contributed by atoms with Crippen molar-refractivity contribution in [3.63, 3.8) is 0 Å². The molecule has 0 radical (unpaired) electrons. The van der Waals surface area contributed by atoms with Crippen LogP contribution in [0.3, 0.4) is 0 Å². The highest BCUT2D eigenvalue weighted by molar-refractivity contribution is 7.16. The fraction of sp³-hybridized carbons (Fsp3) is 0. The highest BCUT2D eigenvalue weighted by Crippen LogP contribution is 2.19. The first-order valence-corrected chi connectivity index (χ1v) is 6.74. The zero-order valence-corrected chi connectivity index (χ0v) is 11.1. The van der Waals surface area contributed by atoms with Crippen LogP contribution >= 0.6 is 11.3 Å². The number of nitriles is 1. The molecule has 0 atom stereocenters. The highest BCUT2D eigenvalue weighted by atomic mass is 32.1. The van der Waals surface area contributed by atoms with Crippen molar-refractivity contribution in [1.29, 1.82) is 5.26 Å². The predicted octanol–water partition coefficient (Wildman–Crippen LogP) is 3.42. The molecule has 0 aliphatic heterocycles. The lowest BCUT2D eigenvalue weighted by Gasteiger charge is -2.03.